The Bertz CT molecular complexity index is 605. The first-order valence-electron chi connectivity index (χ1n) is 10.7. The molecule has 6 heteroatoms. The van der Waals surface area contributed by atoms with Gasteiger partial charge < -0.3 is 15.5 Å². The Morgan fingerprint density at radius 2 is 1.79 bits per heavy atom. The number of rotatable bonds is 6. The van der Waals surface area contributed by atoms with Gasteiger partial charge >= 0.3 is 0 Å². The second-order valence-electron chi connectivity index (χ2n) is 8.28. The number of hydrogen-bond donors (Lipinski definition) is 1. The molecule has 0 aliphatic carbocycles. The Morgan fingerprint density at radius 1 is 1.07 bits per heavy atom. The number of aliphatic imine (C=N–C) groups is 1. The van der Waals surface area contributed by atoms with Crippen LogP contribution in [0.15, 0.2) is 29.3 Å². The van der Waals surface area contributed by atoms with Crippen LogP contribution in [0.25, 0.3) is 0 Å². The van der Waals surface area contributed by atoms with Crippen molar-refractivity contribution in [1.82, 2.24) is 9.80 Å². The average molecular weight is 499 g/mol. The van der Waals surface area contributed by atoms with Crippen LogP contribution in [-0.4, -0.2) is 68.1 Å². The molecule has 0 radical (unpaired) electrons. The maximum Gasteiger partial charge on any atom is 0.191 e. The summed E-state index contributed by atoms with van der Waals surface area (Å²) in [6, 6.07) is 8.85. The summed E-state index contributed by atoms with van der Waals surface area (Å²) in [6.07, 6.45) is 4.82. The van der Waals surface area contributed by atoms with Crippen LogP contribution in [0.4, 0.5) is 5.69 Å². The Kier molecular flexibility index (Phi) is 9.85. The number of piperidine rings is 1. The Balaban J connectivity index is 0.00000280. The lowest BCUT2D eigenvalue weighted by Gasteiger charge is -2.36. The minimum absolute atomic E-state index is 0. The van der Waals surface area contributed by atoms with E-state index in [-0.39, 0.29) is 24.0 Å². The molecule has 3 rings (SSSR count). The fourth-order valence-electron chi connectivity index (χ4n) is 4.03. The SMILES string of the molecule is Cc1cccc(N2CCN(CCCCN=C(N)N3CCC(C)CC3)CC2)c1.I. The summed E-state index contributed by atoms with van der Waals surface area (Å²) in [4.78, 5) is 12.0. The number of nitrogens with zero attached hydrogens (tertiary/aromatic N) is 4. The van der Waals surface area contributed by atoms with Crippen LogP contribution in [0.2, 0.25) is 0 Å². The van der Waals surface area contributed by atoms with Gasteiger partial charge in [0.1, 0.15) is 0 Å². The smallest absolute Gasteiger partial charge is 0.191 e. The Morgan fingerprint density at radius 3 is 2.46 bits per heavy atom. The van der Waals surface area contributed by atoms with E-state index in [2.05, 4.69) is 57.8 Å². The zero-order chi connectivity index (χ0) is 19.1. The molecule has 28 heavy (non-hydrogen) atoms. The summed E-state index contributed by atoms with van der Waals surface area (Å²) in [7, 11) is 0. The summed E-state index contributed by atoms with van der Waals surface area (Å²) in [5, 5.41) is 0. The molecule has 0 spiro atoms. The highest BCUT2D eigenvalue weighted by Gasteiger charge is 2.18. The minimum Gasteiger partial charge on any atom is -0.370 e. The number of hydrogen-bond acceptors (Lipinski definition) is 3. The van der Waals surface area contributed by atoms with E-state index in [1.165, 1.54) is 37.1 Å². The van der Waals surface area contributed by atoms with Crippen LogP contribution in [0.5, 0.6) is 0 Å². The quantitative estimate of drug-likeness (QED) is 0.282. The van der Waals surface area contributed by atoms with E-state index in [4.69, 9.17) is 5.73 Å². The summed E-state index contributed by atoms with van der Waals surface area (Å²) in [5.74, 6) is 1.59. The van der Waals surface area contributed by atoms with Gasteiger partial charge in [-0.1, -0.05) is 19.1 Å². The number of guanidine groups is 1. The summed E-state index contributed by atoms with van der Waals surface area (Å²) >= 11 is 0. The zero-order valence-corrected chi connectivity index (χ0v) is 20.0. The number of benzene rings is 1. The van der Waals surface area contributed by atoms with Gasteiger partial charge in [-0.15, -0.1) is 24.0 Å². The molecule has 158 valence electrons. The molecule has 0 aromatic heterocycles. The number of piperazine rings is 1. The highest BCUT2D eigenvalue weighted by Crippen LogP contribution is 2.18. The third-order valence-electron chi connectivity index (χ3n) is 6.00. The largest absolute Gasteiger partial charge is 0.370 e. The van der Waals surface area contributed by atoms with Crippen LogP contribution >= 0.6 is 24.0 Å². The number of halogens is 1. The Hall–Kier alpha value is -1.02. The van der Waals surface area contributed by atoms with Gasteiger partial charge in [-0.05, 0) is 62.8 Å². The topological polar surface area (TPSA) is 48.1 Å². The van der Waals surface area contributed by atoms with Gasteiger partial charge in [0, 0.05) is 51.5 Å². The molecule has 2 aliphatic rings. The van der Waals surface area contributed by atoms with Crippen molar-refractivity contribution in [2.24, 2.45) is 16.6 Å². The van der Waals surface area contributed by atoms with Gasteiger partial charge in [-0.2, -0.15) is 0 Å². The second-order valence-corrected chi connectivity index (χ2v) is 8.28. The highest BCUT2D eigenvalue weighted by molar-refractivity contribution is 14.0. The van der Waals surface area contributed by atoms with E-state index in [1.54, 1.807) is 0 Å². The van der Waals surface area contributed by atoms with Gasteiger partial charge in [0.25, 0.3) is 0 Å². The molecule has 5 nitrogen and oxygen atoms in total. The lowest BCUT2D eigenvalue weighted by molar-refractivity contribution is 0.253. The van der Waals surface area contributed by atoms with E-state index >= 15 is 0 Å². The predicted molar refractivity (Wildman–Crippen MR) is 131 cm³/mol. The molecule has 0 atom stereocenters. The summed E-state index contributed by atoms with van der Waals surface area (Å²) in [5.41, 5.74) is 8.87. The van der Waals surface area contributed by atoms with Gasteiger partial charge in [-0.3, -0.25) is 9.89 Å². The van der Waals surface area contributed by atoms with Crippen molar-refractivity contribution in [1.29, 1.82) is 0 Å². The average Bonchev–Trinajstić information content (AvgIpc) is 2.68. The Labute approximate surface area is 188 Å². The number of nitrogens with two attached hydrogens (primary N) is 1. The molecular formula is C22H38IN5. The van der Waals surface area contributed by atoms with Crippen LogP contribution < -0.4 is 10.6 Å². The van der Waals surface area contributed by atoms with Crippen LogP contribution in [0, 0.1) is 12.8 Å². The van der Waals surface area contributed by atoms with Gasteiger partial charge in [0.05, 0.1) is 0 Å². The molecule has 1 aromatic carbocycles. The first-order valence-corrected chi connectivity index (χ1v) is 10.7. The molecule has 0 bridgehead atoms. The summed E-state index contributed by atoms with van der Waals surface area (Å²) < 4.78 is 0. The number of unbranched alkanes of at least 4 members (excludes halogenated alkanes) is 1. The maximum atomic E-state index is 6.16. The van der Waals surface area contributed by atoms with Crippen LogP contribution in [0.1, 0.15) is 38.2 Å². The lowest BCUT2D eigenvalue weighted by atomic mass is 10.00. The molecule has 2 heterocycles. The van der Waals surface area contributed by atoms with E-state index in [0.717, 1.165) is 64.1 Å². The molecule has 0 saturated carbocycles. The van der Waals surface area contributed by atoms with Gasteiger partial charge in [0.2, 0.25) is 0 Å². The van der Waals surface area contributed by atoms with Crippen LogP contribution in [0.3, 0.4) is 0 Å². The van der Waals surface area contributed by atoms with Crippen molar-refractivity contribution in [2.45, 2.75) is 39.5 Å². The third kappa shape index (κ3) is 7.10. The van der Waals surface area contributed by atoms with Crippen molar-refractivity contribution < 1.29 is 0 Å². The standard InChI is InChI=1S/C22H37N5.HI/c1-19-8-12-27(13-9-19)22(23)24-10-3-4-11-25-14-16-26(17-15-25)21-7-5-6-20(2)18-21;/h5-7,18-19H,3-4,8-17H2,1-2H3,(H2,23,24);1H. The predicted octanol–water partition coefficient (Wildman–Crippen LogP) is 3.56. The second kappa shape index (κ2) is 11.9. The van der Waals surface area contributed by atoms with Crippen molar-refractivity contribution in [3.8, 4) is 0 Å². The number of anilines is 1. The molecule has 0 unspecified atom stereocenters. The molecule has 2 aliphatic heterocycles. The van der Waals surface area contributed by atoms with E-state index in [9.17, 15) is 0 Å². The third-order valence-corrected chi connectivity index (χ3v) is 6.00. The first kappa shape index (κ1) is 23.3. The minimum atomic E-state index is 0. The number of likely N-dealkylation sites (tertiary alicyclic amines) is 1. The van der Waals surface area contributed by atoms with Gasteiger partial charge in [0.15, 0.2) is 5.96 Å². The van der Waals surface area contributed by atoms with Crippen molar-refractivity contribution in [2.75, 3.05) is 57.3 Å². The normalized spacial score (nSPS) is 19.6. The van der Waals surface area contributed by atoms with Crippen molar-refractivity contribution in [3.63, 3.8) is 0 Å². The molecule has 1 aromatic rings. The van der Waals surface area contributed by atoms with Crippen molar-refractivity contribution >= 4 is 35.6 Å². The lowest BCUT2D eigenvalue weighted by Crippen LogP contribution is -2.46. The first-order chi connectivity index (χ1) is 13.1. The molecule has 2 N–H and O–H groups in total. The highest BCUT2D eigenvalue weighted by atomic mass is 127. The van der Waals surface area contributed by atoms with Gasteiger partial charge in [-0.25, -0.2) is 0 Å². The monoisotopic (exact) mass is 499 g/mol. The fraction of sp³-hybridized carbons (Fsp3) is 0.682. The van der Waals surface area contributed by atoms with Crippen molar-refractivity contribution in [3.05, 3.63) is 29.8 Å². The van der Waals surface area contributed by atoms with E-state index in [1.807, 2.05) is 0 Å². The fourth-order valence-corrected chi connectivity index (χ4v) is 4.03. The van der Waals surface area contributed by atoms with Crippen LogP contribution in [-0.2, 0) is 0 Å². The molecule has 2 saturated heterocycles. The summed E-state index contributed by atoms with van der Waals surface area (Å²) in [6.45, 7) is 13.2. The maximum absolute atomic E-state index is 6.16. The zero-order valence-electron chi connectivity index (χ0n) is 17.6. The number of aryl methyl sites for hydroxylation is 1. The molecule has 2 fully saturated rings. The van der Waals surface area contributed by atoms with E-state index < -0.39 is 0 Å². The van der Waals surface area contributed by atoms with E-state index in [0.29, 0.717) is 0 Å². The molecular weight excluding hydrogens is 461 g/mol. The molecule has 0 amide bonds.